The van der Waals surface area contributed by atoms with Crippen LogP contribution in [0.15, 0.2) is 46.0 Å². The molecule has 0 bridgehead atoms. The molecule has 0 aliphatic heterocycles. The van der Waals surface area contributed by atoms with E-state index in [-0.39, 0.29) is 11.5 Å². The molecule has 0 aliphatic rings. The second-order valence-electron chi connectivity index (χ2n) is 4.27. The minimum absolute atomic E-state index is 0.254. The van der Waals surface area contributed by atoms with E-state index in [4.69, 9.17) is 4.74 Å². The molecule has 1 amide bonds. The lowest BCUT2D eigenvalue weighted by molar-refractivity contribution is 0.0952. The standard InChI is InChI=1S/C15H13BrN2O4/c1-22-13-5-3-2-4-10(13)15(21)18-17-8-9-6-11(16)14(20)12(19)7-9/h2-8,19-20H,1H3,(H,18,21)/b17-8+. The summed E-state index contributed by atoms with van der Waals surface area (Å²) in [5.41, 5.74) is 3.23. The first-order valence-electron chi connectivity index (χ1n) is 6.21. The average molecular weight is 365 g/mol. The summed E-state index contributed by atoms with van der Waals surface area (Å²) in [5, 5.41) is 22.7. The third-order valence-electron chi connectivity index (χ3n) is 2.80. The Morgan fingerprint density at radius 3 is 2.73 bits per heavy atom. The Morgan fingerprint density at radius 1 is 1.32 bits per heavy atom. The maximum absolute atomic E-state index is 12.0. The van der Waals surface area contributed by atoms with Crippen molar-refractivity contribution in [3.8, 4) is 17.2 Å². The zero-order valence-corrected chi connectivity index (χ0v) is 13.2. The highest BCUT2D eigenvalue weighted by molar-refractivity contribution is 9.10. The number of amides is 1. The highest BCUT2D eigenvalue weighted by Gasteiger charge is 2.10. The Balaban J connectivity index is 2.11. The molecule has 0 aliphatic carbocycles. The van der Waals surface area contributed by atoms with Gasteiger partial charge in [0.1, 0.15) is 5.75 Å². The second kappa shape index (κ2) is 6.95. The SMILES string of the molecule is COc1ccccc1C(=O)N/N=C/c1cc(O)c(O)c(Br)c1. The fraction of sp³-hybridized carbons (Fsp3) is 0.0667. The normalized spacial score (nSPS) is 10.6. The molecule has 114 valence electrons. The summed E-state index contributed by atoms with van der Waals surface area (Å²) in [4.78, 5) is 12.0. The van der Waals surface area contributed by atoms with Gasteiger partial charge in [0, 0.05) is 0 Å². The van der Waals surface area contributed by atoms with E-state index in [1.807, 2.05) is 0 Å². The van der Waals surface area contributed by atoms with Gasteiger partial charge in [-0.2, -0.15) is 5.10 Å². The lowest BCUT2D eigenvalue weighted by Crippen LogP contribution is -2.18. The van der Waals surface area contributed by atoms with Crippen LogP contribution in [0.1, 0.15) is 15.9 Å². The van der Waals surface area contributed by atoms with Crippen molar-refractivity contribution in [2.45, 2.75) is 0 Å². The third kappa shape index (κ3) is 3.56. The Kier molecular flexibility index (Phi) is 5.00. The summed E-state index contributed by atoms with van der Waals surface area (Å²) < 4.78 is 5.42. The molecule has 3 N–H and O–H groups in total. The van der Waals surface area contributed by atoms with Gasteiger partial charge >= 0.3 is 0 Å². The number of nitrogens with zero attached hydrogens (tertiary/aromatic N) is 1. The molecule has 2 aromatic rings. The van der Waals surface area contributed by atoms with Gasteiger partial charge in [-0.1, -0.05) is 12.1 Å². The number of methoxy groups -OCH3 is 1. The van der Waals surface area contributed by atoms with E-state index < -0.39 is 5.91 Å². The van der Waals surface area contributed by atoms with Gasteiger partial charge in [-0.25, -0.2) is 5.43 Å². The van der Waals surface area contributed by atoms with E-state index in [1.165, 1.54) is 19.4 Å². The van der Waals surface area contributed by atoms with E-state index in [2.05, 4.69) is 26.5 Å². The topological polar surface area (TPSA) is 91.2 Å². The molecule has 0 unspecified atom stereocenters. The van der Waals surface area contributed by atoms with E-state index in [9.17, 15) is 15.0 Å². The van der Waals surface area contributed by atoms with Crippen LogP contribution < -0.4 is 10.2 Å². The van der Waals surface area contributed by atoms with Crippen molar-refractivity contribution in [2.75, 3.05) is 7.11 Å². The maximum Gasteiger partial charge on any atom is 0.275 e. The summed E-state index contributed by atoms with van der Waals surface area (Å²) in [6.45, 7) is 0. The van der Waals surface area contributed by atoms with Crippen LogP contribution in [-0.4, -0.2) is 29.4 Å². The first kappa shape index (κ1) is 15.8. The van der Waals surface area contributed by atoms with E-state index >= 15 is 0 Å². The van der Waals surface area contributed by atoms with Gasteiger partial charge in [-0.05, 0) is 45.8 Å². The summed E-state index contributed by atoms with van der Waals surface area (Å²) in [6.07, 6.45) is 1.34. The van der Waals surface area contributed by atoms with Crippen LogP contribution in [0.4, 0.5) is 0 Å². The van der Waals surface area contributed by atoms with Gasteiger partial charge in [0.2, 0.25) is 0 Å². The molecule has 0 atom stereocenters. The van der Waals surface area contributed by atoms with Gasteiger partial charge in [-0.15, -0.1) is 0 Å². The Bertz CT molecular complexity index is 708. The highest BCUT2D eigenvalue weighted by atomic mass is 79.9. The van der Waals surface area contributed by atoms with Crippen LogP contribution >= 0.6 is 15.9 Å². The number of carbonyl (C=O) groups is 1. The minimum atomic E-state index is -0.421. The maximum atomic E-state index is 12.0. The van der Waals surface area contributed by atoms with Gasteiger partial charge in [0.05, 0.1) is 23.4 Å². The molecule has 6 nitrogen and oxygen atoms in total. The molecule has 0 spiro atoms. The number of hydrogen-bond acceptors (Lipinski definition) is 5. The second-order valence-corrected chi connectivity index (χ2v) is 5.12. The molecule has 0 saturated heterocycles. The monoisotopic (exact) mass is 364 g/mol. The molecule has 2 aromatic carbocycles. The average Bonchev–Trinajstić information content (AvgIpc) is 2.52. The van der Waals surface area contributed by atoms with Crippen molar-refractivity contribution in [1.29, 1.82) is 0 Å². The van der Waals surface area contributed by atoms with Crippen LogP contribution in [0.5, 0.6) is 17.2 Å². The predicted octanol–water partition coefficient (Wildman–Crippen LogP) is 2.63. The van der Waals surface area contributed by atoms with Gasteiger partial charge in [0.15, 0.2) is 11.5 Å². The minimum Gasteiger partial charge on any atom is -0.504 e. The lowest BCUT2D eigenvalue weighted by Gasteiger charge is -2.06. The van der Waals surface area contributed by atoms with E-state index in [0.717, 1.165) is 0 Å². The molecule has 2 rings (SSSR count). The van der Waals surface area contributed by atoms with Crippen LogP contribution in [-0.2, 0) is 0 Å². The number of hydrogen-bond donors (Lipinski definition) is 3. The number of ether oxygens (including phenoxy) is 1. The third-order valence-corrected chi connectivity index (χ3v) is 3.40. The number of phenols is 2. The molecule has 7 heteroatoms. The first-order chi connectivity index (χ1) is 10.5. The largest absolute Gasteiger partial charge is 0.504 e. The molecular weight excluding hydrogens is 352 g/mol. The summed E-state index contributed by atoms with van der Waals surface area (Å²) >= 11 is 3.10. The lowest BCUT2D eigenvalue weighted by atomic mass is 10.2. The zero-order chi connectivity index (χ0) is 16.1. The molecule has 0 aromatic heterocycles. The molecule has 0 radical (unpaired) electrons. The van der Waals surface area contributed by atoms with Crippen LogP contribution in [0.25, 0.3) is 0 Å². The van der Waals surface area contributed by atoms with Crippen molar-refractivity contribution in [3.05, 3.63) is 52.0 Å². The summed E-state index contributed by atoms with van der Waals surface area (Å²) in [5.74, 6) is -0.516. The fourth-order valence-electron chi connectivity index (χ4n) is 1.74. The van der Waals surface area contributed by atoms with Crippen molar-refractivity contribution >= 4 is 28.1 Å². The number of halogens is 1. The predicted molar refractivity (Wildman–Crippen MR) is 85.5 cm³/mol. The molecular formula is C15H13BrN2O4. The molecule has 0 saturated carbocycles. The quantitative estimate of drug-likeness (QED) is 0.441. The van der Waals surface area contributed by atoms with Crippen LogP contribution in [0, 0.1) is 0 Å². The number of hydrazone groups is 1. The Morgan fingerprint density at radius 2 is 2.05 bits per heavy atom. The van der Waals surface area contributed by atoms with Crippen molar-refractivity contribution in [3.63, 3.8) is 0 Å². The number of benzene rings is 2. The van der Waals surface area contributed by atoms with Gasteiger partial charge in [0.25, 0.3) is 5.91 Å². The number of rotatable bonds is 4. The number of carbonyl (C=O) groups excluding carboxylic acids is 1. The summed E-state index contributed by atoms with van der Waals surface area (Å²) in [6, 6.07) is 9.64. The van der Waals surface area contributed by atoms with E-state index in [1.54, 1.807) is 30.3 Å². The zero-order valence-electron chi connectivity index (χ0n) is 11.6. The van der Waals surface area contributed by atoms with E-state index in [0.29, 0.717) is 21.3 Å². The number of para-hydroxylation sites is 1. The fourth-order valence-corrected chi connectivity index (χ4v) is 2.20. The first-order valence-corrected chi connectivity index (χ1v) is 7.00. The van der Waals surface area contributed by atoms with Crippen molar-refractivity contribution in [2.24, 2.45) is 5.10 Å². The van der Waals surface area contributed by atoms with Crippen LogP contribution in [0.2, 0.25) is 0 Å². The molecule has 0 heterocycles. The number of phenolic OH excluding ortho intramolecular Hbond substituents is 2. The Labute approximate surface area is 135 Å². The van der Waals surface area contributed by atoms with Crippen molar-refractivity contribution in [1.82, 2.24) is 5.43 Å². The number of nitrogens with one attached hydrogen (secondary N) is 1. The van der Waals surface area contributed by atoms with Gasteiger partial charge in [-0.3, -0.25) is 4.79 Å². The molecule has 22 heavy (non-hydrogen) atoms. The van der Waals surface area contributed by atoms with Crippen LogP contribution in [0.3, 0.4) is 0 Å². The highest BCUT2D eigenvalue weighted by Crippen LogP contribution is 2.33. The van der Waals surface area contributed by atoms with Gasteiger partial charge < -0.3 is 14.9 Å². The summed E-state index contributed by atoms with van der Waals surface area (Å²) in [7, 11) is 1.48. The van der Waals surface area contributed by atoms with Crippen molar-refractivity contribution < 1.29 is 19.7 Å². The molecule has 0 fully saturated rings. The number of aromatic hydroxyl groups is 2. The smallest absolute Gasteiger partial charge is 0.275 e. The Hall–Kier alpha value is -2.54.